The Bertz CT molecular complexity index is 897. The lowest BCUT2D eigenvalue weighted by molar-refractivity contribution is 0.0663. The van der Waals surface area contributed by atoms with Gasteiger partial charge in [-0.15, -0.1) is 10.2 Å². The molecule has 0 radical (unpaired) electrons. The Morgan fingerprint density at radius 3 is 2.62 bits per heavy atom. The molecule has 0 bridgehead atoms. The molecule has 0 amide bonds. The van der Waals surface area contributed by atoms with Crippen LogP contribution >= 0.6 is 0 Å². The molecule has 1 saturated heterocycles. The fourth-order valence-electron chi connectivity index (χ4n) is 3.40. The number of halogens is 1. The molecule has 0 aliphatic carbocycles. The molecule has 7 nitrogen and oxygen atoms in total. The number of hydrogen-bond donors (Lipinski definition) is 1. The Hall–Kier alpha value is -2.97. The second-order valence-electron chi connectivity index (χ2n) is 7.00. The summed E-state index contributed by atoms with van der Waals surface area (Å²) in [5.41, 5.74) is 1.79. The van der Waals surface area contributed by atoms with Crippen molar-refractivity contribution >= 4 is 5.69 Å². The smallest absolute Gasteiger partial charge is 0.247 e. The van der Waals surface area contributed by atoms with Gasteiger partial charge in [0.25, 0.3) is 0 Å². The van der Waals surface area contributed by atoms with E-state index in [0.717, 1.165) is 37.4 Å². The zero-order chi connectivity index (χ0) is 20.1. The van der Waals surface area contributed by atoms with Gasteiger partial charge in [-0.3, -0.25) is 4.90 Å². The van der Waals surface area contributed by atoms with E-state index < -0.39 is 6.10 Å². The van der Waals surface area contributed by atoms with Crippen molar-refractivity contribution in [2.45, 2.75) is 6.10 Å². The van der Waals surface area contributed by atoms with E-state index in [1.165, 1.54) is 18.5 Å². The van der Waals surface area contributed by atoms with Crippen molar-refractivity contribution in [2.75, 3.05) is 44.2 Å². The van der Waals surface area contributed by atoms with Gasteiger partial charge in [0.05, 0.1) is 0 Å². The Balaban J connectivity index is 1.23. The van der Waals surface area contributed by atoms with Gasteiger partial charge in [-0.05, 0) is 42.5 Å². The highest BCUT2D eigenvalue weighted by Crippen LogP contribution is 2.22. The quantitative estimate of drug-likeness (QED) is 0.655. The maximum atomic E-state index is 13.1. The Morgan fingerprint density at radius 2 is 1.90 bits per heavy atom. The van der Waals surface area contributed by atoms with Crippen LogP contribution in [0.5, 0.6) is 5.75 Å². The van der Waals surface area contributed by atoms with Gasteiger partial charge >= 0.3 is 0 Å². The van der Waals surface area contributed by atoms with E-state index in [-0.39, 0.29) is 12.4 Å². The first-order chi connectivity index (χ1) is 14.2. The summed E-state index contributed by atoms with van der Waals surface area (Å²) in [4.78, 5) is 4.44. The van der Waals surface area contributed by atoms with Crippen molar-refractivity contribution in [2.24, 2.45) is 0 Å². The SMILES string of the molecule is OC(COc1cccc(-c2nnco2)c1)CN1CCN(c2ccc(F)cc2)CC1. The van der Waals surface area contributed by atoms with Crippen molar-refractivity contribution in [3.63, 3.8) is 0 Å². The number of anilines is 1. The fourth-order valence-corrected chi connectivity index (χ4v) is 3.40. The number of β-amino-alcohol motifs (C(OH)–C–C–N with tert-alkyl or cyclic N) is 1. The first-order valence-electron chi connectivity index (χ1n) is 9.58. The molecule has 1 fully saturated rings. The molecule has 4 rings (SSSR count). The number of hydrogen-bond acceptors (Lipinski definition) is 7. The number of aromatic nitrogens is 2. The van der Waals surface area contributed by atoms with Gasteiger partial charge in [0.15, 0.2) is 0 Å². The Labute approximate surface area is 168 Å². The number of aliphatic hydroxyl groups excluding tert-OH is 1. The number of nitrogens with zero attached hydrogens (tertiary/aromatic N) is 4. The van der Waals surface area contributed by atoms with E-state index in [9.17, 15) is 9.50 Å². The van der Waals surface area contributed by atoms with Crippen LogP contribution in [0.1, 0.15) is 0 Å². The summed E-state index contributed by atoms with van der Waals surface area (Å²) < 4.78 is 24.0. The minimum Gasteiger partial charge on any atom is -0.491 e. The molecule has 1 aliphatic rings. The van der Waals surface area contributed by atoms with Crippen LogP contribution in [0.25, 0.3) is 11.5 Å². The molecular weight excluding hydrogens is 375 g/mol. The molecule has 0 spiro atoms. The molecule has 1 N–H and O–H groups in total. The van der Waals surface area contributed by atoms with Crippen LogP contribution in [0.4, 0.5) is 10.1 Å². The number of ether oxygens (including phenoxy) is 1. The van der Waals surface area contributed by atoms with Gasteiger partial charge in [-0.1, -0.05) is 6.07 Å². The standard InChI is InChI=1S/C21H23FN4O3/c22-17-4-6-18(7-5-17)26-10-8-25(9-11-26)13-19(27)14-28-20-3-1-2-16(12-20)21-24-23-15-29-21/h1-7,12,15,19,27H,8-11,13-14H2. The molecule has 1 atom stereocenters. The largest absolute Gasteiger partial charge is 0.491 e. The molecule has 0 saturated carbocycles. The molecular formula is C21H23FN4O3. The lowest BCUT2D eigenvalue weighted by Crippen LogP contribution is -2.49. The van der Waals surface area contributed by atoms with Crippen molar-refractivity contribution in [1.29, 1.82) is 0 Å². The molecule has 2 heterocycles. The van der Waals surface area contributed by atoms with Crippen LogP contribution in [0.2, 0.25) is 0 Å². The number of rotatable bonds is 7. The van der Waals surface area contributed by atoms with Crippen LogP contribution in [0.3, 0.4) is 0 Å². The maximum Gasteiger partial charge on any atom is 0.247 e. The third-order valence-corrected chi connectivity index (χ3v) is 4.92. The van der Waals surface area contributed by atoms with Crippen molar-refractivity contribution in [3.8, 4) is 17.2 Å². The fraction of sp³-hybridized carbons (Fsp3) is 0.333. The van der Waals surface area contributed by atoms with Crippen LogP contribution < -0.4 is 9.64 Å². The number of piperazine rings is 1. The molecule has 3 aromatic rings. The lowest BCUT2D eigenvalue weighted by atomic mass is 10.2. The number of benzene rings is 2. The number of aliphatic hydroxyl groups is 1. The van der Waals surface area contributed by atoms with E-state index in [1.54, 1.807) is 12.1 Å². The van der Waals surface area contributed by atoms with Crippen LogP contribution in [0.15, 0.2) is 59.3 Å². The minimum atomic E-state index is -0.598. The summed E-state index contributed by atoms with van der Waals surface area (Å²) in [6, 6.07) is 13.9. The second-order valence-corrected chi connectivity index (χ2v) is 7.00. The highest BCUT2D eigenvalue weighted by Gasteiger charge is 2.20. The van der Waals surface area contributed by atoms with Gasteiger partial charge in [-0.25, -0.2) is 4.39 Å². The van der Waals surface area contributed by atoms with E-state index in [0.29, 0.717) is 18.2 Å². The monoisotopic (exact) mass is 398 g/mol. The maximum absolute atomic E-state index is 13.1. The average molecular weight is 398 g/mol. The van der Waals surface area contributed by atoms with Gasteiger partial charge in [0, 0.05) is 44.0 Å². The van der Waals surface area contributed by atoms with Crippen LogP contribution in [-0.2, 0) is 0 Å². The third-order valence-electron chi connectivity index (χ3n) is 4.92. The normalized spacial score (nSPS) is 16.0. The van der Waals surface area contributed by atoms with E-state index >= 15 is 0 Å². The van der Waals surface area contributed by atoms with Crippen LogP contribution in [-0.4, -0.2) is 65.6 Å². The predicted molar refractivity (Wildman–Crippen MR) is 106 cm³/mol. The van der Waals surface area contributed by atoms with Crippen molar-refractivity contribution in [1.82, 2.24) is 15.1 Å². The second kappa shape index (κ2) is 9.02. The van der Waals surface area contributed by atoms with Gasteiger partial charge in [0.1, 0.15) is 24.3 Å². The summed E-state index contributed by atoms with van der Waals surface area (Å²) in [7, 11) is 0. The summed E-state index contributed by atoms with van der Waals surface area (Å²) >= 11 is 0. The molecule has 2 aromatic carbocycles. The topological polar surface area (TPSA) is 74.9 Å². The first kappa shape index (κ1) is 19.4. The summed E-state index contributed by atoms with van der Waals surface area (Å²) in [6.07, 6.45) is 0.682. The summed E-state index contributed by atoms with van der Waals surface area (Å²) in [5.74, 6) is 0.842. The average Bonchev–Trinajstić information content (AvgIpc) is 3.29. The summed E-state index contributed by atoms with van der Waals surface area (Å²) in [5, 5.41) is 17.9. The molecule has 1 aliphatic heterocycles. The summed E-state index contributed by atoms with van der Waals surface area (Å²) in [6.45, 7) is 4.09. The third kappa shape index (κ3) is 5.10. The van der Waals surface area contributed by atoms with Gasteiger partial charge in [0.2, 0.25) is 12.3 Å². The minimum absolute atomic E-state index is 0.200. The van der Waals surface area contributed by atoms with Gasteiger partial charge in [-0.2, -0.15) is 0 Å². The highest BCUT2D eigenvalue weighted by atomic mass is 19.1. The van der Waals surface area contributed by atoms with Crippen molar-refractivity contribution in [3.05, 3.63) is 60.7 Å². The lowest BCUT2D eigenvalue weighted by Gasteiger charge is -2.36. The van der Waals surface area contributed by atoms with Gasteiger partial charge < -0.3 is 19.2 Å². The molecule has 1 aromatic heterocycles. The van der Waals surface area contributed by atoms with E-state index in [2.05, 4.69) is 20.0 Å². The van der Waals surface area contributed by atoms with Crippen molar-refractivity contribution < 1.29 is 18.7 Å². The Morgan fingerprint density at radius 1 is 1.10 bits per heavy atom. The molecule has 29 heavy (non-hydrogen) atoms. The Kier molecular flexibility index (Phi) is 6.02. The zero-order valence-electron chi connectivity index (χ0n) is 15.9. The predicted octanol–water partition coefficient (Wildman–Crippen LogP) is 2.44. The first-order valence-corrected chi connectivity index (χ1v) is 9.58. The molecule has 1 unspecified atom stereocenters. The molecule has 8 heteroatoms. The highest BCUT2D eigenvalue weighted by molar-refractivity contribution is 5.55. The zero-order valence-corrected chi connectivity index (χ0v) is 15.9. The molecule has 152 valence electrons. The van der Waals surface area contributed by atoms with E-state index in [1.807, 2.05) is 24.3 Å². The van der Waals surface area contributed by atoms with E-state index in [4.69, 9.17) is 9.15 Å². The van der Waals surface area contributed by atoms with Crippen LogP contribution in [0, 0.1) is 5.82 Å².